The lowest BCUT2D eigenvalue weighted by Gasteiger charge is -2.10. The van der Waals surface area contributed by atoms with Crippen molar-refractivity contribution in [3.63, 3.8) is 0 Å². The van der Waals surface area contributed by atoms with Crippen LogP contribution in [0.5, 0.6) is 0 Å². The predicted octanol–water partition coefficient (Wildman–Crippen LogP) is 6.56. The quantitative estimate of drug-likeness (QED) is 0.405. The topological polar surface area (TPSA) is 48.8 Å². The molecule has 6 heteroatoms. The Kier molecular flexibility index (Phi) is 5.72. The molecule has 4 nitrogen and oxygen atoms in total. The highest BCUT2D eigenvalue weighted by molar-refractivity contribution is 7.80. The molecular weight excluding hydrogens is 352 g/mol. The molecule has 3 aromatic rings. The molecule has 0 bridgehead atoms. The fraction of sp³-hybridized carbons (Fsp3) is 0. The molecule has 0 saturated carbocycles. The summed E-state index contributed by atoms with van der Waals surface area (Å²) in [5.74, 6) is 0. The Morgan fingerprint density at radius 3 is 2.04 bits per heavy atom. The van der Waals surface area contributed by atoms with Crippen molar-refractivity contribution in [2.24, 2.45) is 10.2 Å². The first-order valence-corrected chi connectivity index (χ1v) is 8.38. The molecule has 0 aliphatic heterocycles. The zero-order valence-corrected chi connectivity index (χ0v) is 14.8. The molecule has 25 heavy (non-hydrogen) atoms. The predicted molar refractivity (Wildman–Crippen MR) is 108 cm³/mol. The van der Waals surface area contributed by atoms with Crippen LogP contribution in [0.4, 0.5) is 22.7 Å². The van der Waals surface area contributed by atoms with Gasteiger partial charge in [0.15, 0.2) is 5.11 Å². The molecular formula is C19H15ClN4S. The Balaban J connectivity index is 1.58. The van der Waals surface area contributed by atoms with Gasteiger partial charge in [-0.05, 0) is 66.8 Å². The molecule has 0 heterocycles. The number of hydrogen-bond donors (Lipinski definition) is 2. The number of hydrogen-bond acceptors (Lipinski definition) is 3. The standard InChI is InChI=1S/C19H15ClN4S/c20-14-5-4-8-18(13-14)22-19(25)21-15-9-11-17(12-10-15)24-23-16-6-2-1-3-7-16/h1-13H,(H2,21,22,25). The van der Waals surface area contributed by atoms with Crippen LogP contribution in [0.15, 0.2) is 89.1 Å². The van der Waals surface area contributed by atoms with Crippen LogP contribution in [-0.2, 0) is 0 Å². The van der Waals surface area contributed by atoms with E-state index in [-0.39, 0.29) is 0 Å². The van der Waals surface area contributed by atoms with Gasteiger partial charge in [0.1, 0.15) is 0 Å². The molecule has 3 aromatic carbocycles. The summed E-state index contributed by atoms with van der Waals surface area (Å²) < 4.78 is 0. The third kappa shape index (κ3) is 5.38. The molecule has 0 aliphatic carbocycles. The number of benzene rings is 3. The van der Waals surface area contributed by atoms with E-state index in [0.717, 1.165) is 22.7 Å². The molecule has 3 rings (SSSR count). The summed E-state index contributed by atoms with van der Waals surface area (Å²) in [4.78, 5) is 0. The summed E-state index contributed by atoms with van der Waals surface area (Å²) in [6.45, 7) is 0. The highest BCUT2D eigenvalue weighted by Gasteiger charge is 2.00. The van der Waals surface area contributed by atoms with Gasteiger partial charge < -0.3 is 10.6 Å². The molecule has 124 valence electrons. The van der Waals surface area contributed by atoms with Crippen molar-refractivity contribution in [1.82, 2.24) is 0 Å². The number of rotatable bonds is 4. The van der Waals surface area contributed by atoms with Gasteiger partial charge in [-0.2, -0.15) is 10.2 Å². The van der Waals surface area contributed by atoms with Crippen LogP contribution in [0.25, 0.3) is 0 Å². The average molecular weight is 367 g/mol. The van der Waals surface area contributed by atoms with Gasteiger partial charge in [-0.1, -0.05) is 35.9 Å². The van der Waals surface area contributed by atoms with Gasteiger partial charge in [0.2, 0.25) is 0 Å². The number of anilines is 2. The molecule has 2 N–H and O–H groups in total. The lowest BCUT2D eigenvalue weighted by atomic mass is 10.3. The maximum absolute atomic E-state index is 5.96. The number of thiocarbonyl (C=S) groups is 1. The number of nitrogens with one attached hydrogen (secondary N) is 2. The minimum Gasteiger partial charge on any atom is -0.332 e. The monoisotopic (exact) mass is 366 g/mol. The van der Waals surface area contributed by atoms with Crippen molar-refractivity contribution in [3.8, 4) is 0 Å². The van der Waals surface area contributed by atoms with E-state index in [9.17, 15) is 0 Å². The van der Waals surface area contributed by atoms with E-state index in [1.54, 1.807) is 0 Å². The fourth-order valence-electron chi connectivity index (χ4n) is 2.08. The molecule has 0 fully saturated rings. The third-order valence-corrected chi connectivity index (χ3v) is 3.68. The summed E-state index contributed by atoms with van der Waals surface area (Å²) in [5.41, 5.74) is 3.27. The Morgan fingerprint density at radius 1 is 0.720 bits per heavy atom. The number of nitrogens with zero attached hydrogens (tertiary/aromatic N) is 2. The summed E-state index contributed by atoms with van der Waals surface area (Å²) in [6.07, 6.45) is 0. The van der Waals surface area contributed by atoms with Gasteiger partial charge in [-0.25, -0.2) is 0 Å². The molecule has 0 spiro atoms. The summed E-state index contributed by atoms with van der Waals surface area (Å²) >= 11 is 11.3. The number of halogens is 1. The van der Waals surface area contributed by atoms with Crippen LogP contribution in [-0.4, -0.2) is 5.11 Å². The Hall–Kier alpha value is -2.76. The van der Waals surface area contributed by atoms with Crippen LogP contribution in [0.2, 0.25) is 5.02 Å². The lowest BCUT2D eigenvalue weighted by Crippen LogP contribution is -2.18. The lowest BCUT2D eigenvalue weighted by molar-refractivity contribution is 1.23. The second-order valence-electron chi connectivity index (χ2n) is 5.17. The SMILES string of the molecule is S=C(Nc1ccc(N=Nc2ccccc2)cc1)Nc1cccc(Cl)c1. The maximum Gasteiger partial charge on any atom is 0.175 e. The first-order chi connectivity index (χ1) is 12.2. The Bertz CT molecular complexity index is 879. The van der Waals surface area contributed by atoms with Gasteiger partial charge >= 0.3 is 0 Å². The van der Waals surface area contributed by atoms with Gasteiger partial charge in [0.05, 0.1) is 11.4 Å². The van der Waals surface area contributed by atoms with E-state index in [0.29, 0.717) is 10.1 Å². The molecule has 0 saturated heterocycles. The highest BCUT2D eigenvalue weighted by Crippen LogP contribution is 2.20. The average Bonchev–Trinajstić information content (AvgIpc) is 2.62. The molecule has 0 unspecified atom stereocenters. The second kappa shape index (κ2) is 8.37. The zero-order valence-electron chi connectivity index (χ0n) is 13.2. The molecule has 0 aromatic heterocycles. The largest absolute Gasteiger partial charge is 0.332 e. The zero-order chi connectivity index (χ0) is 17.5. The normalized spacial score (nSPS) is 10.6. The van der Waals surface area contributed by atoms with Gasteiger partial charge in [-0.3, -0.25) is 0 Å². The first kappa shape index (κ1) is 17.1. The second-order valence-corrected chi connectivity index (χ2v) is 6.02. The number of azo groups is 1. The van der Waals surface area contributed by atoms with Crippen LogP contribution in [0.3, 0.4) is 0 Å². The molecule has 0 aliphatic rings. The van der Waals surface area contributed by atoms with Crippen LogP contribution in [0, 0.1) is 0 Å². The van der Waals surface area contributed by atoms with Gasteiger partial charge in [0, 0.05) is 16.4 Å². The van der Waals surface area contributed by atoms with Crippen molar-refractivity contribution in [3.05, 3.63) is 83.9 Å². The van der Waals surface area contributed by atoms with Crippen molar-refractivity contribution in [2.45, 2.75) is 0 Å². The van der Waals surface area contributed by atoms with Gasteiger partial charge in [0.25, 0.3) is 0 Å². The van der Waals surface area contributed by atoms with Crippen LogP contribution in [0.1, 0.15) is 0 Å². The minimum atomic E-state index is 0.487. The van der Waals surface area contributed by atoms with Gasteiger partial charge in [-0.15, -0.1) is 0 Å². The van der Waals surface area contributed by atoms with Crippen molar-refractivity contribution in [2.75, 3.05) is 10.6 Å². The Morgan fingerprint density at radius 2 is 1.36 bits per heavy atom. The maximum atomic E-state index is 5.96. The van der Waals surface area contributed by atoms with E-state index >= 15 is 0 Å². The summed E-state index contributed by atoms with van der Waals surface area (Å²) in [6, 6.07) is 24.5. The third-order valence-electron chi connectivity index (χ3n) is 3.24. The van der Waals surface area contributed by atoms with Crippen LogP contribution < -0.4 is 10.6 Å². The van der Waals surface area contributed by atoms with Crippen LogP contribution >= 0.6 is 23.8 Å². The van der Waals surface area contributed by atoms with E-state index in [2.05, 4.69) is 20.9 Å². The van der Waals surface area contributed by atoms with E-state index in [1.165, 1.54) is 0 Å². The highest BCUT2D eigenvalue weighted by atomic mass is 35.5. The Labute approximate surface area is 156 Å². The smallest absolute Gasteiger partial charge is 0.175 e. The minimum absolute atomic E-state index is 0.487. The summed E-state index contributed by atoms with van der Waals surface area (Å²) in [5, 5.41) is 15.7. The molecule has 0 amide bonds. The van der Waals surface area contributed by atoms with E-state index in [1.807, 2.05) is 78.9 Å². The molecule has 0 atom stereocenters. The van der Waals surface area contributed by atoms with Crippen molar-refractivity contribution < 1.29 is 0 Å². The molecule has 0 radical (unpaired) electrons. The van der Waals surface area contributed by atoms with E-state index in [4.69, 9.17) is 23.8 Å². The van der Waals surface area contributed by atoms with Crippen molar-refractivity contribution in [1.29, 1.82) is 0 Å². The van der Waals surface area contributed by atoms with E-state index < -0.39 is 0 Å². The summed E-state index contributed by atoms with van der Waals surface area (Å²) in [7, 11) is 0. The first-order valence-electron chi connectivity index (χ1n) is 7.59. The van der Waals surface area contributed by atoms with Crippen molar-refractivity contribution >= 4 is 51.7 Å². The fourth-order valence-corrected chi connectivity index (χ4v) is 2.51.